The molecule has 2 fully saturated rings. The molecule has 1 aliphatic heterocycles. The summed E-state index contributed by atoms with van der Waals surface area (Å²) in [5, 5.41) is 18.9. The van der Waals surface area contributed by atoms with E-state index in [0.29, 0.717) is 12.0 Å². The van der Waals surface area contributed by atoms with E-state index in [2.05, 4.69) is 17.9 Å². The Morgan fingerprint density at radius 3 is 2.44 bits per heavy atom. The summed E-state index contributed by atoms with van der Waals surface area (Å²) >= 11 is 0. The van der Waals surface area contributed by atoms with Gasteiger partial charge in [-0.05, 0) is 64.0 Å². The van der Waals surface area contributed by atoms with Gasteiger partial charge in [-0.15, -0.1) is 0 Å². The van der Waals surface area contributed by atoms with E-state index in [-0.39, 0.29) is 12.0 Å². The normalized spacial score (nSPS) is 37.1. The highest BCUT2D eigenvalue weighted by atomic mass is 16.3. The number of nitriles is 1. The second-order valence-corrected chi connectivity index (χ2v) is 6.34. The number of piperidine rings is 1. The highest BCUT2D eigenvalue weighted by Crippen LogP contribution is 2.34. The predicted molar refractivity (Wildman–Crippen MR) is 71.9 cm³/mol. The fourth-order valence-corrected chi connectivity index (χ4v) is 3.64. The van der Waals surface area contributed by atoms with E-state index in [4.69, 9.17) is 0 Å². The standard InChI is InChI=1S/C15H26N2O/c1-11-3-4-14(10-16)15(9-11)17-7-5-13(6-8-17)12(2)18/h11-15,18H,3-9H2,1-2H3. The monoisotopic (exact) mass is 250 g/mol. The largest absolute Gasteiger partial charge is 0.393 e. The van der Waals surface area contributed by atoms with Crippen LogP contribution in [0.1, 0.15) is 46.0 Å². The van der Waals surface area contributed by atoms with Gasteiger partial charge in [-0.2, -0.15) is 5.26 Å². The summed E-state index contributed by atoms with van der Waals surface area (Å²) in [6.07, 6.45) is 5.44. The maximum atomic E-state index is 9.64. The van der Waals surface area contributed by atoms with Crippen LogP contribution in [0.15, 0.2) is 0 Å². The number of likely N-dealkylation sites (tertiary alicyclic amines) is 1. The van der Waals surface area contributed by atoms with Crippen LogP contribution in [0.5, 0.6) is 0 Å². The van der Waals surface area contributed by atoms with Gasteiger partial charge >= 0.3 is 0 Å². The van der Waals surface area contributed by atoms with E-state index in [1.165, 1.54) is 12.8 Å². The molecule has 3 nitrogen and oxygen atoms in total. The second kappa shape index (κ2) is 6.04. The van der Waals surface area contributed by atoms with Gasteiger partial charge in [0.15, 0.2) is 0 Å². The molecular weight excluding hydrogens is 224 g/mol. The summed E-state index contributed by atoms with van der Waals surface area (Å²) in [5.41, 5.74) is 0. The first-order chi connectivity index (χ1) is 8.61. The van der Waals surface area contributed by atoms with Crippen LogP contribution in [0.2, 0.25) is 0 Å². The Bertz CT molecular complexity index is 302. The molecule has 1 saturated carbocycles. The van der Waals surface area contributed by atoms with E-state index in [9.17, 15) is 10.4 Å². The van der Waals surface area contributed by atoms with Gasteiger partial charge in [0.1, 0.15) is 0 Å². The van der Waals surface area contributed by atoms with Crippen molar-refractivity contribution in [3.63, 3.8) is 0 Å². The maximum absolute atomic E-state index is 9.64. The number of aliphatic hydroxyl groups excluding tert-OH is 1. The third kappa shape index (κ3) is 3.05. The van der Waals surface area contributed by atoms with E-state index >= 15 is 0 Å². The summed E-state index contributed by atoms with van der Waals surface area (Å²) in [5.74, 6) is 1.45. The minimum atomic E-state index is -0.177. The molecule has 1 saturated heterocycles. The van der Waals surface area contributed by atoms with Crippen LogP contribution in [0, 0.1) is 29.1 Å². The van der Waals surface area contributed by atoms with Crippen LogP contribution in [0.4, 0.5) is 0 Å². The van der Waals surface area contributed by atoms with Crippen molar-refractivity contribution in [2.24, 2.45) is 17.8 Å². The van der Waals surface area contributed by atoms with E-state index in [1.54, 1.807) is 0 Å². The van der Waals surface area contributed by atoms with E-state index < -0.39 is 0 Å². The van der Waals surface area contributed by atoms with Crippen molar-refractivity contribution in [3.05, 3.63) is 0 Å². The molecule has 1 aliphatic carbocycles. The second-order valence-electron chi connectivity index (χ2n) is 6.34. The number of rotatable bonds is 2. The SMILES string of the molecule is CC1CCC(C#N)C(N2CCC(C(C)O)CC2)C1. The van der Waals surface area contributed by atoms with Crippen molar-refractivity contribution in [2.45, 2.75) is 58.1 Å². The van der Waals surface area contributed by atoms with Gasteiger partial charge in [-0.1, -0.05) is 6.92 Å². The Morgan fingerprint density at radius 2 is 1.89 bits per heavy atom. The summed E-state index contributed by atoms with van der Waals surface area (Å²) in [4.78, 5) is 2.52. The molecule has 0 aromatic rings. The number of hydrogen-bond donors (Lipinski definition) is 1. The first-order valence-corrected chi connectivity index (χ1v) is 7.43. The molecule has 4 atom stereocenters. The van der Waals surface area contributed by atoms with Crippen LogP contribution in [0.3, 0.4) is 0 Å². The van der Waals surface area contributed by atoms with Crippen molar-refractivity contribution in [2.75, 3.05) is 13.1 Å². The van der Waals surface area contributed by atoms with Gasteiger partial charge in [0.2, 0.25) is 0 Å². The van der Waals surface area contributed by atoms with Gasteiger partial charge < -0.3 is 5.11 Å². The fraction of sp³-hybridized carbons (Fsp3) is 0.933. The number of hydrogen-bond acceptors (Lipinski definition) is 3. The lowest BCUT2D eigenvalue weighted by Crippen LogP contribution is -2.48. The van der Waals surface area contributed by atoms with Crippen molar-refractivity contribution in [1.29, 1.82) is 5.26 Å². The van der Waals surface area contributed by atoms with Crippen molar-refractivity contribution >= 4 is 0 Å². The Morgan fingerprint density at radius 1 is 1.22 bits per heavy atom. The fourth-order valence-electron chi connectivity index (χ4n) is 3.64. The summed E-state index contributed by atoms with van der Waals surface area (Å²) < 4.78 is 0. The Kier molecular flexibility index (Phi) is 4.64. The summed E-state index contributed by atoms with van der Waals surface area (Å²) in [6, 6.07) is 2.98. The van der Waals surface area contributed by atoms with Gasteiger partial charge in [0.05, 0.1) is 18.1 Å². The molecule has 2 rings (SSSR count). The van der Waals surface area contributed by atoms with Gasteiger partial charge in [-0.3, -0.25) is 4.90 Å². The Labute approximate surface area is 111 Å². The number of aliphatic hydroxyl groups is 1. The van der Waals surface area contributed by atoms with Crippen molar-refractivity contribution < 1.29 is 5.11 Å². The van der Waals surface area contributed by atoms with Gasteiger partial charge in [-0.25, -0.2) is 0 Å². The minimum Gasteiger partial charge on any atom is -0.393 e. The van der Waals surface area contributed by atoms with Crippen molar-refractivity contribution in [3.8, 4) is 6.07 Å². The molecular formula is C15H26N2O. The first kappa shape index (κ1) is 13.8. The molecule has 102 valence electrons. The molecule has 4 unspecified atom stereocenters. The molecule has 18 heavy (non-hydrogen) atoms. The number of nitrogens with zero attached hydrogens (tertiary/aromatic N) is 2. The molecule has 0 spiro atoms. The van der Waals surface area contributed by atoms with Gasteiger partial charge in [0.25, 0.3) is 0 Å². The highest BCUT2D eigenvalue weighted by molar-refractivity contribution is 4.98. The molecule has 1 heterocycles. The van der Waals surface area contributed by atoms with E-state index in [0.717, 1.165) is 38.3 Å². The van der Waals surface area contributed by atoms with Crippen LogP contribution in [0.25, 0.3) is 0 Å². The lowest BCUT2D eigenvalue weighted by molar-refractivity contribution is 0.0316. The topological polar surface area (TPSA) is 47.3 Å². The summed E-state index contributed by atoms with van der Waals surface area (Å²) in [7, 11) is 0. The molecule has 0 radical (unpaired) electrons. The lowest BCUT2D eigenvalue weighted by Gasteiger charge is -2.43. The van der Waals surface area contributed by atoms with Crippen LogP contribution >= 0.6 is 0 Å². The van der Waals surface area contributed by atoms with Crippen LogP contribution in [-0.2, 0) is 0 Å². The van der Waals surface area contributed by atoms with Crippen molar-refractivity contribution in [1.82, 2.24) is 4.90 Å². The third-order valence-corrected chi connectivity index (χ3v) is 4.97. The van der Waals surface area contributed by atoms with Crippen LogP contribution < -0.4 is 0 Å². The average Bonchev–Trinajstić information content (AvgIpc) is 2.39. The molecule has 3 heteroatoms. The molecule has 1 N–H and O–H groups in total. The zero-order chi connectivity index (χ0) is 13.1. The molecule has 0 amide bonds. The summed E-state index contributed by atoms with van der Waals surface area (Å²) in [6.45, 7) is 6.33. The molecule has 0 bridgehead atoms. The average molecular weight is 250 g/mol. The quantitative estimate of drug-likeness (QED) is 0.818. The highest BCUT2D eigenvalue weighted by Gasteiger charge is 2.35. The molecule has 0 aromatic carbocycles. The van der Waals surface area contributed by atoms with E-state index in [1.807, 2.05) is 6.92 Å². The third-order valence-electron chi connectivity index (χ3n) is 4.97. The zero-order valence-electron chi connectivity index (χ0n) is 11.7. The minimum absolute atomic E-state index is 0.177. The molecule has 2 aliphatic rings. The zero-order valence-corrected chi connectivity index (χ0v) is 11.7. The first-order valence-electron chi connectivity index (χ1n) is 7.43. The smallest absolute Gasteiger partial charge is 0.0672 e. The van der Waals surface area contributed by atoms with Crippen LogP contribution in [-0.4, -0.2) is 35.2 Å². The Balaban J connectivity index is 1.93. The lowest BCUT2D eigenvalue weighted by atomic mass is 9.78. The predicted octanol–water partition coefficient (Wildman–Crippen LogP) is 2.41. The molecule has 0 aromatic heterocycles. The Hall–Kier alpha value is -0.590. The van der Waals surface area contributed by atoms with Gasteiger partial charge in [0, 0.05) is 6.04 Å². The maximum Gasteiger partial charge on any atom is 0.0672 e.